The predicted molar refractivity (Wildman–Crippen MR) is 316 cm³/mol. The first-order valence-electron chi connectivity index (χ1n) is 25.8. The molecule has 1 aliphatic rings. The molecule has 0 fully saturated rings. The van der Waals surface area contributed by atoms with Gasteiger partial charge in [0.2, 0.25) is 0 Å². The van der Waals surface area contributed by atoms with E-state index in [2.05, 4.69) is 292 Å². The molecule has 2 nitrogen and oxygen atoms in total. The molecule has 0 atom stereocenters. The summed E-state index contributed by atoms with van der Waals surface area (Å²) in [6.45, 7) is 27.3. The number of para-hydroxylation sites is 2. The Morgan fingerprint density at radius 2 is 0.575 bits per heavy atom. The maximum atomic E-state index is 6.64. The molecular formula is C70H68BrNO. The van der Waals surface area contributed by atoms with E-state index in [1.165, 1.54) is 66.8 Å². The normalized spacial score (nSPS) is 12.8. The SMILES string of the molecule is CC(C)(C)c1ccc(-c2cc(-c3ccc(C(C)(C)C)cc3)cc(-c3cc(-c4cc(-c5ccc(C(C)(C)C)cc5)cc(-c5ccc(C(C)(C)C)cc5)c4)cc(N4c5ccccc5Oc5cc(Br)ccc54)c3)c2)cc1. The van der Waals surface area contributed by atoms with Gasteiger partial charge in [0.25, 0.3) is 0 Å². The second-order valence-corrected chi connectivity index (χ2v) is 25.1. The van der Waals surface area contributed by atoms with Gasteiger partial charge in [-0.3, -0.25) is 0 Å². The van der Waals surface area contributed by atoms with Crippen molar-refractivity contribution in [3.05, 3.63) is 221 Å². The van der Waals surface area contributed by atoms with Crippen molar-refractivity contribution in [3.63, 3.8) is 0 Å². The fourth-order valence-electron chi connectivity index (χ4n) is 9.99. The third-order valence-corrected chi connectivity index (χ3v) is 15.0. The van der Waals surface area contributed by atoms with E-state index in [4.69, 9.17) is 4.74 Å². The van der Waals surface area contributed by atoms with Gasteiger partial charge in [0.1, 0.15) is 0 Å². The van der Waals surface area contributed by atoms with E-state index < -0.39 is 0 Å². The van der Waals surface area contributed by atoms with Crippen LogP contribution in [0.4, 0.5) is 17.1 Å². The molecular weight excluding hydrogens is 951 g/mol. The van der Waals surface area contributed by atoms with E-state index in [1.807, 2.05) is 6.07 Å². The zero-order valence-corrected chi connectivity index (χ0v) is 46.3. The second-order valence-electron chi connectivity index (χ2n) is 24.2. The van der Waals surface area contributed by atoms with E-state index in [-0.39, 0.29) is 21.7 Å². The van der Waals surface area contributed by atoms with Crippen molar-refractivity contribution in [2.24, 2.45) is 0 Å². The Labute approximate surface area is 443 Å². The molecule has 0 unspecified atom stereocenters. The van der Waals surface area contributed by atoms with Crippen LogP contribution >= 0.6 is 15.9 Å². The van der Waals surface area contributed by atoms with E-state index in [0.717, 1.165) is 55.3 Å². The summed E-state index contributed by atoms with van der Waals surface area (Å²) in [7, 11) is 0. The number of hydrogen-bond donors (Lipinski definition) is 0. The molecule has 366 valence electrons. The van der Waals surface area contributed by atoms with Crippen molar-refractivity contribution in [2.45, 2.75) is 105 Å². The first-order valence-corrected chi connectivity index (χ1v) is 26.6. The van der Waals surface area contributed by atoms with E-state index in [1.54, 1.807) is 0 Å². The van der Waals surface area contributed by atoms with Crippen LogP contribution in [0.15, 0.2) is 199 Å². The number of anilines is 3. The smallest absolute Gasteiger partial charge is 0.152 e. The lowest BCUT2D eigenvalue weighted by molar-refractivity contribution is 0.476. The fourth-order valence-corrected chi connectivity index (χ4v) is 10.3. The summed E-state index contributed by atoms with van der Waals surface area (Å²) in [5, 5.41) is 0. The van der Waals surface area contributed by atoms with Crippen LogP contribution in [0, 0.1) is 0 Å². The zero-order chi connectivity index (χ0) is 51.6. The van der Waals surface area contributed by atoms with Crippen molar-refractivity contribution in [1.29, 1.82) is 0 Å². The third kappa shape index (κ3) is 10.5. The van der Waals surface area contributed by atoms with Crippen LogP contribution in [0.5, 0.6) is 11.5 Å². The maximum absolute atomic E-state index is 6.64. The Morgan fingerprint density at radius 3 is 0.904 bits per heavy atom. The molecule has 0 aliphatic carbocycles. The molecule has 1 aliphatic heterocycles. The number of hydrogen-bond acceptors (Lipinski definition) is 2. The Hall–Kier alpha value is -6.94. The third-order valence-electron chi connectivity index (χ3n) is 14.5. The van der Waals surface area contributed by atoms with Gasteiger partial charge in [0, 0.05) is 10.2 Å². The predicted octanol–water partition coefficient (Wildman–Crippen LogP) is 21.2. The number of nitrogens with zero attached hydrogens (tertiary/aromatic N) is 1. The van der Waals surface area contributed by atoms with Gasteiger partial charge < -0.3 is 9.64 Å². The van der Waals surface area contributed by atoms with Gasteiger partial charge in [-0.2, -0.15) is 0 Å². The Kier molecular flexibility index (Phi) is 12.8. The quantitative estimate of drug-likeness (QED) is 0.158. The Balaban J connectivity index is 1.23. The number of rotatable bonds is 7. The highest BCUT2D eigenvalue weighted by atomic mass is 79.9. The molecule has 3 heteroatoms. The molecule has 10 rings (SSSR count). The van der Waals surface area contributed by atoms with Crippen molar-refractivity contribution >= 4 is 33.0 Å². The summed E-state index contributed by atoms with van der Waals surface area (Å²) in [5.41, 5.74) is 22.4. The summed E-state index contributed by atoms with van der Waals surface area (Å²) < 4.78 is 7.61. The molecule has 73 heavy (non-hydrogen) atoms. The topological polar surface area (TPSA) is 12.5 Å². The van der Waals surface area contributed by atoms with Gasteiger partial charge in [-0.1, -0.05) is 208 Å². The summed E-state index contributed by atoms with van der Waals surface area (Å²) in [4.78, 5) is 2.37. The highest BCUT2D eigenvalue weighted by molar-refractivity contribution is 9.10. The van der Waals surface area contributed by atoms with Gasteiger partial charge in [0.15, 0.2) is 11.5 Å². The van der Waals surface area contributed by atoms with Crippen molar-refractivity contribution < 1.29 is 4.74 Å². The highest BCUT2D eigenvalue weighted by Gasteiger charge is 2.28. The summed E-state index contributed by atoms with van der Waals surface area (Å²) in [5.74, 6) is 1.60. The number of fused-ring (bicyclic) bond motifs is 2. The maximum Gasteiger partial charge on any atom is 0.152 e. The number of benzene rings is 9. The van der Waals surface area contributed by atoms with Crippen LogP contribution in [0.25, 0.3) is 66.8 Å². The van der Waals surface area contributed by atoms with Gasteiger partial charge in [-0.05, 0) is 196 Å². The van der Waals surface area contributed by atoms with E-state index >= 15 is 0 Å². The van der Waals surface area contributed by atoms with Crippen molar-refractivity contribution in [1.82, 2.24) is 0 Å². The average molecular weight is 1020 g/mol. The summed E-state index contributed by atoms with van der Waals surface area (Å²) in [6.07, 6.45) is 0. The highest BCUT2D eigenvalue weighted by Crippen LogP contribution is 2.52. The lowest BCUT2D eigenvalue weighted by Crippen LogP contribution is -2.16. The van der Waals surface area contributed by atoms with Crippen LogP contribution < -0.4 is 9.64 Å². The fraction of sp³-hybridized carbons (Fsp3) is 0.229. The van der Waals surface area contributed by atoms with Crippen LogP contribution in [-0.2, 0) is 21.7 Å². The molecule has 0 saturated heterocycles. The minimum atomic E-state index is 0.0485. The standard InChI is InChI=1S/C70H68BrNO/c1-67(2,3)57-25-17-45(18-26-57)49-35-50(46-19-27-58(28-20-46)68(4,5)6)38-53(37-49)55-41-56(43-62(42-55)72-63-15-13-14-16-65(63)73-66-44-61(71)33-34-64(66)72)54-39-51(47-21-29-59(30-22-47)69(7,8)9)36-52(40-54)48-23-31-60(32-24-48)70(10,11)12/h13-44H,1-12H3. The first kappa shape index (κ1) is 49.6. The van der Waals surface area contributed by atoms with E-state index in [0.29, 0.717) is 0 Å². The van der Waals surface area contributed by atoms with Gasteiger partial charge >= 0.3 is 0 Å². The van der Waals surface area contributed by atoms with Crippen LogP contribution in [0.3, 0.4) is 0 Å². The van der Waals surface area contributed by atoms with Crippen molar-refractivity contribution in [2.75, 3.05) is 4.90 Å². The largest absolute Gasteiger partial charge is 0.453 e. The zero-order valence-electron chi connectivity index (χ0n) is 44.7. The molecule has 0 bridgehead atoms. The van der Waals surface area contributed by atoms with Crippen LogP contribution in [0.2, 0.25) is 0 Å². The molecule has 9 aromatic rings. The van der Waals surface area contributed by atoms with Crippen LogP contribution in [0.1, 0.15) is 105 Å². The molecule has 0 amide bonds. The van der Waals surface area contributed by atoms with Crippen molar-refractivity contribution in [3.8, 4) is 78.3 Å². The molecule has 0 saturated carbocycles. The first-order chi connectivity index (χ1) is 34.5. The lowest BCUT2D eigenvalue weighted by atomic mass is 9.84. The average Bonchev–Trinajstić information content (AvgIpc) is 3.36. The monoisotopic (exact) mass is 1020 g/mol. The summed E-state index contributed by atoms with van der Waals surface area (Å²) in [6, 6.07) is 72.8. The molecule has 0 N–H and O–H groups in total. The van der Waals surface area contributed by atoms with Gasteiger partial charge in [-0.25, -0.2) is 0 Å². The van der Waals surface area contributed by atoms with Crippen LogP contribution in [-0.4, -0.2) is 0 Å². The molecule has 0 spiro atoms. The number of ether oxygens (including phenoxy) is 1. The van der Waals surface area contributed by atoms with Gasteiger partial charge in [0.05, 0.1) is 11.4 Å². The number of halogens is 1. The van der Waals surface area contributed by atoms with Gasteiger partial charge in [-0.15, -0.1) is 0 Å². The minimum Gasteiger partial charge on any atom is -0.453 e. The second kappa shape index (κ2) is 18.8. The summed E-state index contributed by atoms with van der Waals surface area (Å²) >= 11 is 3.75. The minimum absolute atomic E-state index is 0.0485. The molecule has 0 radical (unpaired) electrons. The Bertz CT molecular complexity index is 3150. The lowest BCUT2D eigenvalue weighted by Gasteiger charge is -2.33. The Morgan fingerprint density at radius 1 is 0.288 bits per heavy atom. The van der Waals surface area contributed by atoms with E-state index in [9.17, 15) is 0 Å². The molecule has 1 heterocycles. The molecule has 9 aromatic carbocycles. The molecule has 0 aromatic heterocycles.